The van der Waals surface area contributed by atoms with Crippen molar-refractivity contribution < 1.29 is 9.21 Å². The van der Waals surface area contributed by atoms with Crippen LogP contribution in [0.25, 0.3) is 10.2 Å². The van der Waals surface area contributed by atoms with Crippen molar-refractivity contribution >= 4 is 27.5 Å². The largest absolute Gasteiger partial charge is 0.467 e. The normalized spacial score (nSPS) is 11.1. The average Bonchev–Trinajstić information content (AvgIpc) is 3.34. The molecular formula is C19H17N3O2S. The van der Waals surface area contributed by atoms with Crippen LogP contribution in [0.3, 0.4) is 0 Å². The first kappa shape index (κ1) is 15.7. The van der Waals surface area contributed by atoms with E-state index in [1.54, 1.807) is 6.26 Å². The van der Waals surface area contributed by atoms with E-state index >= 15 is 0 Å². The van der Waals surface area contributed by atoms with E-state index in [1.807, 2.05) is 48.0 Å². The van der Waals surface area contributed by atoms with Crippen LogP contribution in [-0.2, 0) is 13.1 Å². The average molecular weight is 351 g/mol. The predicted molar refractivity (Wildman–Crippen MR) is 97.8 cm³/mol. The second kappa shape index (κ2) is 6.57. The summed E-state index contributed by atoms with van der Waals surface area (Å²) in [5.41, 5.74) is 2.12. The van der Waals surface area contributed by atoms with Gasteiger partial charge in [0.2, 0.25) is 0 Å². The number of carbonyl (C=O) groups is 1. The molecule has 0 aliphatic carbocycles. The van der Waals surface area contributed by atoms with E-state index in [1.165, 1.54) is 16.9 Å². The number of aryl methyl sites for hydroxylation is 1. The van der Waals surface area contributed by atoms with E-state index in [0.29, 0.717) is 18.0 Å². The van der Waals surface area contributed by atoms with Crippen LogP contribution in [0.15, 0.2) is 59.2 Å². The van der Waals surface area contributed by atoms with Gasteiger partial charge in [-0.25, -0.2) is 0 Å². The molecule has 25 heavy (non-hydrogen) atoms. The number of fused-ring (bicyclic) bond motifs is 1. The van der Waals surface area contributed by atoms with E-state index < -0.39 is 0 Å². The number of amides is 1. The zero-order valence-electron chi connectivity index (χ0n) is 13.7. The first-order chi connectivity index (χ1) is 12.2. The van der Waals surface area contributed by atoms with Crippen molar-refractivity contribution in [1.29, 1.82) is 0 Å². The number of rotatable bonds is 5. The Morgan fingerprint density at radius 1 is 1.24 bits per heavy atom. The SMILES string of the molecule is Cc1nn(Cc2ccccc2)c2sc(C(=O)NCc3ccco3)cc12. The van der Waals surface area contributed by atoms with Gasteiger partial charge in [0, 0.05) is 5.39 Å². The van der Waals surface area contributed by atoms with Crippen molar-refractivity contribution in [2.24, 2.45) is 0 Å². The molecule has 126 valence electrons. The zero-order chi connectivity index (χ0) is 17.2. The molecular weight excluding hydrogens is 334 g/mol. The summed E-state index contributed by atoms with van der Waals surface area (Å²) in [4.78, 5) is 14.1. The van der Waals surface area contributed by atoms with Gasteiger partial charge in [0.15, 0.2) is 0 Å². The zero-order valence-corrected chi connectivity index (χ0v) is 14.5. The third-order valence-corrected chi connectivity index (χ3v) is 5.16. The summed E-state index contributed by atoms with van der Waals surface area (Å²) in [7, 11) is 0. The van der Waals surface area contributed by atoms with Gasteiger partial charge in [-0.15, -0.1) is 11.3 Å². The maximum Gasteiger partial charge on any atom is 0.261 e. The Kier molecular flexibility index (Phi) is 4.11. The molecule has 6 heteroatoms. The van der Waals surface area contributed by atoms with Gasteiger partial charge in [0.1, 0.15) is 10.6 Å². The summed E-state index contributed by atoms with van der Waals surface area (Å²) in [5.74, 6) is 0.643. The highest BCUT2D eigenvalue weighted by Gasteiger charge is 2.16. The third-order valence-electron chi connectivity index (χ3n) is 4.01. The Hall–Kier alpha value is -2.86. The van der Waals surface area contributed by atoms with E-state index in [4.69, 9.17) is 4.42 Å². The van der Waals surface area contributed by atoms with Crippen LogP contribution in [0.4, 0.5) is 0 Å². The Balaban J connectivity index is 1.57. The summed E-state index contributed by atoms with van der Waals surface area (Å²) in [6, 6.07) is 15.8. The van der Waals surface area contributed by atoms with Gasteiger partial charge in [-0.2, -0.15) is 5.10 Å². The number of carbonyl (C=O) groups excluding carboxylic acids is 1. The molecule has 3 heterocycles. The fraction of sp³-hybridized carbons (Fsp3) is 0.158. The van der Waals surface area contributed by atoms with Crippen molar-refractivity contribution in [2.45, 2.75) is 20.0 Å². The molecule has 0 aliphatic heterocycles. The van der Waals surface area contributed by atoms with Crippen LogP contribution in [0, 0.1) is 6.92 Å². The summed E-state index contributed by atoms with van der Waals surface area (Å²) < 4.78 is 7.21. The molecule has 1 N–H and O–H groups in total. The van der Waals surface area contributed by atoms with Crippen LogP contribution < -0.4 is 5.32 Å². The first-order valence-corrected chi connectivity index (χ1v) is 8.84. The minimum Gasteiger partial charge on any atom is -0.467 e. The lowest BCUT2D eigenvalue weighted by molar-refractivity contribution is 0.0952. The van der Waals surface area contributed by atoms with Crippen LogP contribution in [0.1, 0.15) is 26.7 Å². The quantitative estimate of drug-likeness (QED) is 0.592. The summed E-state index contributed by atoms with van der Waals surface area (Å²) in [5, 5.41) is 8.53. The maximum atomic E-state index is 12.4. The molecule has 4 aromatic rings. The lowest BCUT2D eigenvalue weighted by Crippen LogP contribution is -2.21. The van der Waals surface area contributed by atoms with Gasteiger partial charge < -0.3 is 9.73 Å². The number of hydrogen-bond donors (Lipinski definition) is 1. The highest BCUT2D eigenvalue weighted by atomic mass is 32.1. The van der Waals surface area contributed by atoms with Crippen molar-refractivity contribution in [2.75, 3.05) is 0 Å². The molecule has 5 nitrogen and oxygen atoms in total. The fourth-order valence-electron chi connectivity index (χ4n) is 2.76. The van der Waals surface area contributed by atoms with Gasteiger partial charge in [0.05, 0.1) is 29.9 Å². The molecule has 3 aromatic heterocycles. The number of hydrogen-bond acceptors (Lipinski definition) is 4. The standard InChI is InChI=1S/C19H17N3O2S/c1-13-16-10-17(18(23)20-11-15-8-5-9-24-15)25-19(16)22(21-13)12-14-6-3-2-4-7-14/h2-10H,11-12H2,1H3,(H,20,23). The van der Waals surface area contributed by atoms with Crippen molar-refractivity contribution in [3.8, 4) is 0 Å². The number of thiophene rings is 1. The smallest absolute Gasteiger partial charge is 0.261 e. The molecule has 0 spiro atoms. The molecule has 0 unspecified atom stereocenters. The topological polar surface area (TPSA) is 60.1 Å². The molecule has 1 amide bonds. The van der Waals surface area contributed by atoms with E-state index in [0.717, 1.165) is 21.7 Å². The lowest BCUT2D eigenvalue weighted by Gasteiger charge is -2.03. The minimum absolute atomic E-state index is 0.0942. The second-order valence-corrected chi connectivity index (χ2v) is 6.85. The molecule has 0 saturated heterocycles. The predicted octanol–water partition coefficient (Wildman–Crippen LogP) is 3.98. The second-order valence-electron chi connectivity index (χ2n) is 5.82. The Morgan fingerprint density at radius 2 is 2.08 bits per heavy atom. The van der Waals surface area contributed by atoms with Gasteiger partial charge >= 0.3 is 0 Å². The Labute approximate surface area is 148 Å². The van der Waals surface area contributed by atoms with Crippen LogP contribution in [-0.4, -0.2) is 15.7 Å². The van der Waals surface area contributed by atoms with Gasteiger partial charge in [-0.1, -0.05) is 30.3 Å². The number of nitrogens with one attached hydrogen (secondary N) is 1. The summed E-state index contributed by atoms with van der Waals surface area (Å²) in [6.45, 7) is 3.05. The number of aromatic nitrogens is 2. The molecule has 0 fully saturated rings. The molecule has 0 saturated carbocycles. The molecule has 1 aromatic carbocycles. The monoisotopic (exact) mass is 351 g/mol. The molecule has 4 rings (SSSR count). The minimum atomic E-state index is -0.0942. The number of nitrogens with zero attached hydrogens (tertiary/aromatic N) is 2. The van der Waals surface area contributed by atoms with Crippen LogP contribution in [0.2, 0.25) is 0 Å². The molecule has 0 aliphatic rings. The first-order valence-electron chi connectivity index (χ1n) is 8.02. The van der Waals surface area contributed by atoms with Crippen LogP contribution >= 0.6 is 11.3 Å². The van der Waals surface area contributed by atoms with Gasteiger partial charge in [0.25, 0.3) is 5.91 Å². The van der Waals surface area contributed by atoms with Crippen molar-refractivity contribution in [3.63, 3.8) is 0 Å². The van der Waals surface area contributed by atoms with E-state index in [-0.39, 0.29) is 5.91 Å². The Morgan fingerprint density at radius 3 is 2.84 bits per heavy atom. The molecule has 0 radical (unpaired) electrons. The number of benzene rings is 1. The van der Waals surface area contributed by atoms with Gasteiger partial charge in [-0.05, 0) is 30.7 Å². The summed E-state index contributed by atoms with van der Waals surface area (Å²) in [6.07, 6.45) is 1.60. The van der Waals surface area contributed by atoms with E-state index in [2.05, 4.69) is 22.5 Å². The van der Waals surface area contributed by atoms with E-state index in [9.17, 15) is 4.79 Å². The third kappa shape index (κ3) is 3.21. The molecule has 0 atom stereocenters. The fourth-order valence-corrected chi connectivity index (χ4v) is 3.83. The lowest BCUT2D eigenvalue weighted by atomic mass is 10.2. The van der Waals surface area contributed by atoms with Gasteiger partial charge in [-0.3, -0.25) is 9.48 Å². The van der Waals surface area contributed by atoms with Crippen LogP contribution in [0.5, 0.6) is 0 Å². The highest BCUT2D eigenvalue weighted by molar-refractivity contribution is 7.20. The summed E-state index contributed by atoms with van der Waals surface area (Å²) >= 11 is 1.47. The molecule has 0 bridgehead atoms. The Bertz CT molecular complexity index is 1000. The maximum absolute atomic E-state index is 12.4. The number of furan rings is 1. The van der Waals surface area contributed by atoms with Crippen molar-refractivity contribution in [1.82, 2.24) is 15.1 Å². The van der Waals surface area contributed by atoms with Crippen molar-refractivity contribution in [3.05, 3.63) is 76.7 Å². The highest BCUT2D eigenvalue weighted by Crippen LogP contribution is 2.28.